The Morgan fingerprint density at radius 1 is 1.43 bits per heavy atom. The van der Waals surface area contributed by atoms with Gasteiger partial charge in [0.05, 0.1) is 11.2 Å². The summed E-state index contributed by atoms with van der Waals surface area (Å²) < 4.78 is 12.9. The number of halogens is 2. The Morgan fingerprint density at radius 2 is 2.21 bits per heavy atom. The van der Waals surface area contributed by atoms with Gasteiger partial charge in [0, 0.05) is 23.4 Å². The van der Waals surface area contributed by atoms with E-state index in [-0.39, 0.29) is 10.8 Å². The zero-order valence-corrected chi connectivity index (χ0v) is 7.72. The number of nitrogens with zero attached hydrogens (tertiary/aromatic N) is 1. The smallest absolute Gasteiger partial charge is 0.145 e. The van der Waals surface area contributed by atoms with Crippen LogP contribution < -0.4 is 0 Å². The van der Waals surface area contributed by atoms with Crippen molar-refractivity contribution in [3.05, 3.63) is 35.4 Å². The molecule has 0 saturated heterocycles. The first-order valence-corrected chi connectivity index (χ1v) is 4.23. The molecule has 3 nitrogen and oxygen atoms in total. The summed E-state index contributed by atoms with van der Waals surface area (Å²) in [5.41, 5.74) is 1.11. The van der Waals surface area contributed by atoms with E-state index in [1.54, 1.807) is 6.20 Å². The van der Waals surface area contributed by atoms with E-state index in [0.717, 1.165) is 6.07 Å². The molecule has 2 N–H and O–H groups in total. The number of hydrogen-bond acceptors (Lipinski definition) is 2. The molecule has 0 saturated carbocycles. The van der Waals surface area contributed by atoms with Gasteiger partial charge in [0.1, 0.15) is 11.6 Å². The molecule has 0 fully saturated rings. The number of H-pyrrole nitrogens is 1. The molecule has 14 heavy (non-hydrogen) atoms. The van der Waals surface area contributed by atoms with Crippen LogP contribution in [0, 0.1) is 5.82 Å². The molecule has 1 heterocycles. The Labute approximate surface area is 84.1 Å². The number of aromatic amines is 1. The van der Waals surface area contributed by atoms with E-state index in [9.17, 15) is 9.50 Å². The molecule has 0 bridgehead atoms. The molecule has 0 atom stereocenters. The Kier molecular flexibility index (Phi) is 2.13. The third-order valence-electron chi connectivity index (χ3n) is 1.85. The zero-order valence-electron chi connectivity index (χ0n) is 6.96. The number of rotatable bonds is 1. The normalized spacial score (nSPS) is 10.4. The van der Waals surface area contributed by atoms with Crippen molar-refractivity contribution in [2.24, 2.45) is 0 Å². The number of aromatic nitrogens is 2. The molecule has 1 aromatic heterocycles. The highest BCUT2D eigenvalue weighted by molar-refractivity contribution is 6.31. The van der Waals surface area contributed by atoms with Gasteiger partial charge in [-0.3, -0.25) is 5.10 Å². The highest BCUT2D eigenvalue weighted by atomic mass is 35.5. The molecule has 1 aromatic carbocycles. The number of phenols is 1. The zero-order chi connectivity index (χ0) is 10.1. The van der Waals surface area contributed by atoms with Crippen LogP contribution >= 0.6 is 11.6 Å². The van der Waals surface area contributed by atoms with E-state index in [1.165, 1.54) is 12.3 Å². The van der Waals surface area contributed by atoms with Crippen LogP contribution in [0.3, 0.4) is 0 Å². The Morgan fingerprint density at radius 3 is 2.86 bits per heavy atom. The van der Waals surface area contributed by atoms with Gasteiger partial charge < -0.3 is 5.11 Å². The van der Waals surface area contributed by atoms with E-state index in [2.05, 4.69) is 10.2 Å². The molecule has 2 rings (SSSR count). The van der Waals surface area contributed by atoms with Gasteiger partial charge in [-0.25, -0.2) is 4.39 Å². The van der Waals surface area contributed by atoms with E-state index >= 15 is 0 Å². The highest BCUT2D eigenvalue weighted by Gasteiger charge is 2.09. The fourth-order valence-corrected chi connectivity index (χ4v) is 1.33. The summed E-state index contributed by atoms with van der Waals surface area (Å²) in [7, 11) is 0. The van der Waals surface area contributed by atoms with Gasteiger partial charge >= 0.3 is 0 Å². The maximum Gasteiger partial charge on any atom is 0.145 e. The Hall–Kier alpha value is -1.55. The summed E-state index contributed by atoms with van der Waals surface area (Å²) in [5.74, 6) is -0.801. The van der Waals surface area contributed by atoms with Gasteiger partial charge in [-0.05, 0) is 6.07 Å². The predicted octanol–water partition coefficient (Wildman–Crippen LogP) is 2.57. The molecular formula is C9H6ClFN2O. The third kappa shape index (κ3) is 1.44. The van der Waals surface area contributed by atoms with Gasteiger partial charge in [0.15, 0.2) is 0 Å². The van der Waals surface area contributed by atoms with Crippen LogP contribution in [0.25, 0.3) is 11.1 Å². The van der Waals surface area contributed by atoms with Gasteiger partial charge in [-0.2, -0.15) is 5.10 Å². The lowest BCUT2D eigenvalue weighted by molar-refractivity contribution is 0.471. The lowest BCUT2D eigenvalue weighted by atomic mass is 10.1. The van der Waals surface area contributed by atoms with Crippen LogP contribution in [0.15, 0.2) is 24.5 Å². The summed E-state index contributed by atoms with van der Waals surface area (Å²) in [5, 5.41) is 15.7. The molecule has 0 unspecified atom stereocenters. The van der Waals surface area contributed by atoms with Crippen molar-refractivity contribution >= 4 is 11.6 Å². The fourth-order valence-electron chi connectivity index (χ4n) is 1.17. The van der Waals surface area contributed by atoms with Crippen LogP contribution in [0.2, 0.25) is 5.02 Å². The van der Waals surface area contributed by atoms with Gasteiger partial charge in [0.2, 0.25) is 0 Å². The van der Waals surface area contributed by atoms with Crippen molar-refractivity contribution in [2.45, 2.75) is 0 Å². The van der Waals surface area contributed by atoms with E-state index in [1.807, 2.05) is 0 Å². The van der Waals surface area contributed by atoms with Crippen molar-refractivity contribution in [2.75, 3.05) is 0 Å². The van der Waals surface area contributed by atoms with Gasteiger partial charge in [0.25, 0.3) is 0 Å². The van der Waals surface area contributed by atoms with Gasteiger partial charge in [-0.15, -0.1) is 0 Å². The second-order valence-electron chi connectivity index (χ2n) is 2.77. The maximum absolute atomic E-state index is 12.9. The molecule has 0 amide bonds. The predicted molar refractivity (Wildman–Crippen MR) is 50.7 cm³/mol. The number of phenolic OH excluding ortho intramolecular Hbond substituents is 1. The first-order chi connectivity index (χ1) is 6.68. The van der Waals surface area contributed by atoms with Crippen molar-refractivity contribution in [3.63, 3.8) is 0 Å². The van der Waals surface area contributed by atoms with Crippen LogP contribution in [0.1, 0.15) is 0 Å². The van der Waals surface area contributed by atoms with E-state index in [0.29, 0.717) is 11.1 Å². The Balaban J connectivity index is 2.60. The number of hydrogen-bond donors (Lipinski definition) is 2. The first kappa shape index (κ1) is 9.02. The standard InChI is InChI=1S/C9H6ClFN2O/c10-7-1-6(5-3-12-13-4-5)9(14)2-8(7)11/h1-4,14H,(H,12,13). The number of nitrogens with one attached hydrogen (secondary N) is 1. The van der Waals surface area contributed by atoms with Crippen LogP contribution in [0.4, 0.5) is 4.39 Å². The van der Waals surface area contributed by atoms with Crippen molar-refractivity contribution in [3.8, 4) is 16.9 Å². The summed E-state index contributed by atoms with van der Waals surface area (Å²) in [6, 6.07) is 2.34. The maximum atomic E-state index is 12.9. The Bertz CT molecular complexity index is 456. The summed E-state index contributed by atoms with van der Waals surface area (Å²) >= 11 is 5.59. The number of benzene rings is 1. The summed E-state index contributed by atoms with van der Waals surface area (Å²) in [6.45, 7) is 0. The highest BCUT2D eigenvalue weighted by Crippen LogP contribution is 2.32. The first-order valence-electron chi connectivity index (χ1n) is 3.85. The van der Waals surface area contributed by atoms with E-state index in [4.69, 9.17) is 11.6 Å². The van der Waals surface area contributed by atoms with Crippen LogP contribution in [0.5, 0.6) is 5.75 Å². The molecule has 0 aliphatic heterocycles. The molecule has 0 spiro atoms. The quantitative estimate of drug-likeness (QED) is 0.763. The second-order valence-corrected chi connectivity index (χ2v) is 3.18. The monoisotopic (exact) mass is 212 g/mol. The van der Waals surface area contributed by atoms with Crippen LogP contribution in [-0.4, -0.2) is 15.3 Å². The van der Waals surface area contributed by atoms with Gasteiger partial charge in [-0.1, -0.05) is 11.6 Å². The van der Waals surface area contributed by atoms with Crippen molar-refractivity contribution in [1.29, 1.82) is 0 Å². The van der Waals surface area contributed by atoms with Crippen LogP contribution in [-0.2, 0) is 0 Å². The second kappa shape index (κ2) is 3.31. The minimum atomic E-state index is -0.642. The van der Waals surface area contributed by atoms with E-state index < -0.39 is 5.82 Å². The third-order valence-corrected chi connectivity index (χ3v) is 2.14. The lowest BCUT2D eigenvalue weighted by Crippen LogP contribution is -1.81. The average Bonchev–Trinajstić information content (AvgIpc) is 2.64. The summed E-state index contributed by atoms with van der Waals surface area (Å²) in [4.78, 5) is 0. The minimum absolute atomic E-state index is 0.0287. The lowest BCUT2D eigenvalue weighted by Gasteiger charge is -2.02. The molecule has 0 radical (unpaired) electrons. The minimum Gasteiger partial charge on any atom is -0.507 e. The summed E-state index contributed by atoms with van der Waals surface area (Å²) in [6.07, 6.45) is 3.10. The average molecular weight is 213 g/mol. The molecule has 72 valence electrons. The molecular weight excluding hydrogens is 207 g/mol. The molecule has 2 aromatic rings. The largest absolute Gasteiger partial charge is 0.507 e. The molecule has 0 aliphatic carbocycles. The molecule has 5 heteroatoms. The number of aromatic hydroxyl groups is 1. The fraction of sp³-hybridized carbons (Fsp3) is 0. The SMILES string of the molecule is Oc1cc(F)c(Cl)cc1-c1cn[nH]c1. The van der Waals surface area contributed by atoms with Crippen molar-refractivity contribution in [1.82, 2.24) is 10.2 Å². The molecule has 0 aliphatic rings. The van der Waals surface area contributed by atoms with Crippen molar-refractivity contribution < 1.29 is 9.50 Å². The topological polar surface area (TPSA) is 48.9 Å².